The second-order valence-electron chi connectivity index (χ2n) is 4.28. The highest BCUT2D eigenvalue weighted by Crippen LogP contribution is 2.29. The van der Waals surface area contributed by atoms with Gasteiger partial charge in [-0.2, -0.15) is 0 Å². The lowest BCUT2D eigenvalue weighted by atomic mass is 10.1. The van der Waals surface area contributed by atoms with Gasteiger partial charge < -0.3 is 15.1 Å². The number of nitrogens with zero attached hydrogens (tertiary/aromatic N) is 1. The lowest BCUT2D eigenvalue weighted by Crippen LogP contribution is -2.01. The van der Waals surface area contributed by atoms with Gasteiger partial charge >= 0.3 is 0 Å². The molecule has 0 saturated heterocycles. The number of nitrogens with two attached hydrogens (primary N) is 1. The molecule has 0 saturated carbocycles. The zero-order valence-electron chi connectivity index (χ0n) is 10.0. The molecule has 0 spiro atoms. The zero-order chi connectivity index (χ0) is 12.4. The van der Waals surface area contributed by atoms with E-state index in [9.17, 15) is 0 Å². The number of hydrogen-bond donors (Lipinski definition) is 2. The van der Waals surface area contributed by atoms with Crippen LogP contribution in [0.1, 0.15) is 12.2 Å². The highest BCUT2D eigenvalue weighted by molar-refractivity contribution is 5.92. The predicted octanol–water partition coefficient (Wildman–Crippen LogP) is 2.71. The van der Waals surface area contributed by atoms with E-state index in [-0.39, 0.29) is 0 Å². The maximum Gasteiger partial charge on any atom is 0.134 e. The molecule has 92 valence electrons. The largest absolute Gasteiger partial charge is 0.464 e. The number of nitrogens with one attached hydrogen (secondary N) is 1. The van der Waals surface area contributed by atoms with Gasteiger partial charge in [-0.3, -0.25) is 0 Å². The molecule has 18 heavy (non-hydrogen) atoms. The molecule has 0 aliphatic carbocycles. The molecule has 0 amide bonds. The van der Waals surface area contributed by atoms with Crippen LogP contribution in [0.25, 0.3) is 22.2 Å². The number of H-pyrrole nitrogens is 1. The summed E-state index contributed by atoms with van der Waals surface area (Å²) in [5.41, 5.74) is 8.43. The van der Waals surface area contributed by atoms with E-state index in [1.54, 1.807) is 6.26 Å². The fraction of sp³-hybridized carbons (Fsp3) is 0.214. The number of aromatic nitrogens is 2. The molecule has 3 N–H and O–H groups in total. The number of rotatable bonds is 4. The number of imidazole rings is 1. The summed E-state index contributed by atoms with van der Waals surface area (Å²) in [6.45, 7) is 0.685. The minimum atomic E-state index is 0.685. The summed E-state index contributed by atoms with van der Waals surface area (Å²) in [6, 6.07) is 7.99. The molecule has 4 nitrogen and oxygen atoms in total. The Bertz CT molecular complexity index is 654. The van der Waals surface area contributed by atoms with Crippen molar-refractivity contribution in [3.05, 3.63) is 42.5 Å². The highest BCUT2D eigenvalue weighted by Gasteiger charge is 2.09. The molecule has 3 rings (SSSR count). The molecule has 1 aromatic carbocycles. The third-order valence-corrected chi connectivity index (χ3v) is 3.02. The summed E-state index contributed by atoms with van der Waals surface area (Å²) in [4.78, 5) is 7.68. The third kappa shape index (κ3) is 1.91. The lowest BCUT2D eigenvalue weighted by Gasteiger charge is -1.94. The van der Waals surface area contributed by atoms with Crippen molar-refractivity contribution in [1.29, 1.82) is 0 Å². The van der Waals surface area contributed by atoms with E-state index in [4.69, 9.17) is 10.2 Å². The first-order valence-corrected chi connectivity index (χ1v) is 6.09. The summed E-state index contributed by atoms with van der Waals surface area (Å²) < 4.78 is 5.53. The molecule has 2 aromatic heterocycles. The van der Waals surface area contributed by atoms with Gasteiger partial charge in [-0.1, -0.05) is 18.2 Å². The molecule has 0 unspecified atom stereocenters. The zero-order valence-corrected chi connectivity index (χ0v) is 10.0. The number of aromatic amines is 1. The summed E-state index contributed by atoms with van der Waals surface area (Å²) in [5.74, 6) is 0.973. The molecule has 0 aliphatic rings. The van der Waals surface area contributed by atoms with E-state index < -0.39 is 0 Å². The van der Waals surface area contributed by atoms with Gasteiger partial charge in [0.15, 0.2) is 0 Å². The van der Waals surface area contributed by atoms with Crippen molar-refractivity contribution in [3.8, 4) is 11.3 Å². The molecular weight excluding hydrogens is 226 g/mol. The Morgan fingerprint density at radius 1 is 1.28 bits per heavy atom. The van der Waals surface area contributed by atoms with Gasteiger partial charge in [0.05, 0.1) is 11.9 Å². The molecular formula is C14H15N3O. The van der Waals surface area contributed by atoms with Crippen LogP contribution in [-0.4, -0.2) is 16.5 Å². The van der Waals surface area contributed by atoms with Crippen LogP contribution in [0.15, 0.2) is 41.1 Å². The molecule has 2 heterocycles. The number of hydrogen-bond acceptors (Lipinski definition) is 3. The van der Waals surface area contributed by atoms with E-state index in [2.05, 4.69) is 16.0 Å². The molecule has 4 heteroatoms. The molecule has 0 fully saturated rings. The van der Waals surface area contributed by atoms with E-state index in [0.717, 1.165) is 40.9 Å². The van der Waals surface area contributed by atoms with Crippen LogP contribution in [0.5, 0.6) is 0 Å². The molecule has 0 bridgehead atoms. The van der Waals surface area contributed by atoms with Crippen molar-refractivity contribution in [3.63, 3.8) is 0 Å². The second kappa shape index (κ2) is 4.66. The molecule has 0 atom stereocenters. The van der Waals surface area contributed by atoms with Gasteiger partial charge in [-0.05, 0) is 19.0 Å². The summed E-state index contributed by atoms with van der Waals surface area (Å²) >= 11 is 0. The topological polar surface area (TPSA) is 67.8 Å². The van der Waals surface area contributed by atoms with Crippen LogP contribution >= 0.6 is 0 Å². The van der Waals surface area contributed by atoms with Crippen molar-refractivity contribution in [2.24, 2.45) is 5.73 Å². The standard InChI is InChI=1S/C14H15N3O/c15-7-3-6-14-16-8-12(17-14)11-9-18-13-5-2-1-4-10(11)13/h1-2,4-5,8-9H,3,6-7,15H2,(H,16,17). The van der Waals surface area contributed by atoms with E-state index in [1.807, 2.05) is 24.4 Å². The van der Waals surface area contributed by atoms with Crippen molar-refractivity contribution in [2.75, 3.05) is 6.54 Å². The summed E-state index contributed by atoms with van der Waals surface area (Å²) in [7, 11) is 0. The van der Waals surface area contributed by atoms with Crippen LogP contribution in [0.2, 0.25) is 0 Å². The van der Waals surface area contributed by atoms with Gasteiger partial charge in [0.25, 0.3) is 0 Å². The minimum absolute atomic E-state index is 0.685. The number of benzene rings is 1. The Labute approximate surface area is 105 Å². The van der Waals surface area contributed by atoms with E-state index in [1.165, 1.54) is 0 Å². The first-order valence-electron chi connectivity index (χ1n) is 6.09. The van der Waals surface area contributed by atoms with Crippen LogP contribution in [0.3, 0.4) is 0 Å². The van der Waals surface area contributed by atoms with Crippen LogP contribution in [0.4, 0.5) is 0 Å². The molecule has 0 aliphatic heterocycles. The van der Waals surface area contributed by atoms with Gasteiger partial charge in [-0.15, -0.1) is 0 Å². The number of furan rings is 1. The average molecular weight is 241 g/mol. The minimum Gasteiger partial charge on any atom is -0.464 e. The maximum atomic E-state index is 5.53. The average Bonchev–Trinajstić information content (AvgIpc) is 3.02. The first-order chi connectivity index (χ1) is 8.88. The summed E-state index contributed by atoms with van der Waals surface area (Å²) in [6.07, 6.45) is 5.44. The molecule has 3 aromatic rings. The summed E-state index contributed by atoms with van der Waals surface area (Å²) in [5, 5.41) is 1.10. The monoisotopic (exact) mass is 241 g/mol. The number of para-hydroxylation sites is 1. The fourth-order valence-corrected chi connectivity index (χ4v) is 2.08. The smallest absolute Gasteiger partial charge is 0.134 e. The normalized spacial score (nSPS) is 11.2. The quantitative estimate of drug-likeness (QED) is 0.738. The van der Waals surface area contributed by atoms with Crippen molar-refractivity contribution in [1.82, 2.24) is 9.97 Å². The van der Waals surface area contributed by atoms with Crippen LogP contribution in [-0.2, 0) is 6.42 Å². The van der Waals surface area contributed by atoms with Crippen molar-refractivity contribution in [2.45, 2.75) is 12.8 Å². The SMILES string of the molecule is NCCCc1ncc(-c2coc3ccccc23)[nH]1. The maximum absolute atomic E-state index is 5.53. The van der Waals surface area contributed by atoms with E-state index in [0.29, 0.717) is 6.54 Å². The number of fused-ring (bicyclic) bond motifs is 1. The second-order valence-corrected chi connectivity index (χ2v) is 4.28. The van der Waals surface area contributed by atoms with E-state index >= 15 is 0 Å². The van der Waals surface area contributed by atoms with Crippen molar-refractivity contribution < 1.29 is 4.42 Å². The Hall–Kier alpha value is -2.07. The van der Waals surface area contributed by atoms with Crippen LogP contribution in [0, 0.1) is 0 Å². The van der Waals surface area contributed by atoms with Crippen LogP contribution < -0.4 is 5.73 Å². The Morgan fingerprint density at radius 3 is 3.06 bits per heavy atom. The van der Waals surface area contributed by atoms with Crippen molar-refractivity contribution >= 4 is 11.0 Å². The Morgan fingerprint density at radius 2 is 2.17 bits per heavy atom. The fourth-order valence-electron chi connectivity index (χ4n) is 2.08. The number of aryl methyl sites for hydroxylation is 1. The highest BCUT2D eigenvalue weighted by atomic mass is 16.3. The Kier molecular flexibility index (Phi) is 2.86. The van der Waals surface area contributed by atoms with Gasteiger partial charge in [0, 0.05) is 17.4 Å². The first kappa shape index (κ1) is 11.0. The molecule has 0 radical (unpaired) electrons. The van der Waals surface area contributed by atoms with Gasteiger partial charge in [0.1, 0.15) is 17.7 Å². The lowest BCUT2D eigenvalue weighted by molar-refractivity contribution is 0.617. The van der Waals surface area contributed by atoms with Gasteiger partial charge in [0.2, 0.25) is 0 Å². The third-order valence-electron chi connectivity index (χ3n) is 3.02. The van der Waals surface area contributed by atoms with Gasteiger partial charge in [-0.25, -0.2) is 4.98 Å². The predicted molar refractivity (Wildman–Crippen MR) is 71.2 cm³/mol. The Balaban J connectivity index is 1.96.